The van der Waals surface area contributed by atoms with Crippen LogP contribution in [0.4, 0.5) is 4.39 Å². The number of benzene rings is 1. The van der Waals surface area contributed by atoms with E-state index in [4.69, 9.17) is 5.73 Å². The van der Waals surface area contributed by atoms with Crippen molar-refractivity contribution < 1.29 is 13.9 Å². The molecule has 1 rings (SSSR count). The Morgan fingerprint density at radius 2 is 2.25 bits per heavy atom. The Morgan fingerprint density at radius 3 is 2.75 bits per heavy atom. The van der Waals surface area contributed by atoms with E-state index in [2.05, 4.69) is 20.7 Å². The lowest BCUT2D eigenvalue weighted by Gasteiger charge is -2.10. The molecule has 0 aliphatic rings. The molecule has 0 radical (unpaired) electrons. The summed E-state index contributed by atoms with van der Waals surface area (Å²) in [6.45, 7) is 0. The highest BCUT2D eigenvalue weighted by molar-refractivity contribution is 9.10. The van der Waals surface area contributed by atoms with Gasteiger partial charge in [0.1, 0.15) is 5.82 Å². The smallest absolute Gasteiger partial charge is 0.307 e. The van der Waals surface area contributed by atoms with Gasteiger partial charge in [-0.1, -0.05) is 6.07 Å². The van der Waals surface area contributed by atoms with Crippen molar-refractivity contribution in [3.05, 3.63) is 34.1 Å². The number of hydrogen-bond acceptors (Lipinski definition) is 3. The van der Waals surface area contributed by atoms with Crippen LogP contribution in [0.15, 0.2) is 22.7 Å². The number of halogens is 3. The van der Waals surface area contributed by atoms with Gasteiger partial charge >= 0.3 is 5.97 Å². The maximum absolute atomic E-state index is 13.1. The van der Waals surface area contributed by atoms with Crippen LogP contribution in [-0.2, 0) is 9.53 Å². The lowest BCUT2D eigenvalue weighted by molar-refractivity contribution is -0.141. The Morgan fingerprint density at radius 1 is 1.62 bits per heavy atom. The van der Waals surface area contributed by atoms with Crippen LogP contribution in [0.5, 0.6) is 0 Å². The molecule has 0 aliphatic carbocycles. The van der Waals surface area contributed by atoms with Crippen LogP contribution in [0.3, 0.4) is 0 Å². The van der Waals surface area contributed by atoms with Gasteiger partial charge in [-0.15, -0.1) is 12.4 Å². The topological polar surface area (TPSA) is 52.3 Å². The first-order valence-corrected chi connectivity index (χ1v) is 5.11. The molecular formula is C10H12BrClFNO2. The normalized spacial score (nSPS) is 11.5. The molecule has 16 heavy (non-hydrogen) atoms. The van der Waals surface area contributed by atoms with Crippen molar-refractivity contribution in [1.82, 2.24) is 0 Å². The molecule has 0 bridgehead atoms. The quantitative estimate of drug-likeness (QED) is 0.873. The summed E-state index contributed by atoms with van der Waals surface area (Å²) < 4.78 is 18.0. The second-order valence-electron chi connectivity index (χ2n) is 3.06. The minimum atomic E-state index is -0.542. The molecule has 0 saturated heterocycles. The van der Waals surface area contributed by atoms with Crippen molar-refractivity contribution >= 4 is 34.3 Å². The van der Waals surface area contributed by atoms with E-state index in [0.717, 1.165) is 0 Å². The van der Waals surface area contributed by atoms with Gasteiger partial charge in [0.25, 0.3) is 0 Å². The fourth-order valence-electron chi connectivity index (χ4n) is 1.12. The largest absolute Gasteiger partial charge is 0.469 e. The first-order valence-electron chi connectivity index (χ1n) is 4.32. The standard InChI is InChI=1S/C10H11BrFNO2.ClH/c1-15-10(14)5-9(13)6-2-3-7(11)8(12)4-6;/h2-4,9H,5,13H2,1H3;1H/t9-;/m0./s1. The Labute approximate surface area is 108 Å². The summed E-state index contributed by atoms with van der Waals surface area (Å²) in [5.74, 6) is -0.807. The zero-order valence-electron chi connectivity index (χ0n) is 8.57. The number of carbonyl (C=O) groups is 1. The van der Waals surface area contributed by atoms with E-state index >= 15 is 0 Å². The lowest BCUT2D eigenvalue weighted by atomic mass is 10.1. The average Bonchev–Trinajstić information content (AvgIpc) is 2.21. The third-order valence-electron chi connectivity index (χ3n) is 1.99. The van der Waals surface area contributed by atoms with Gasteiger partial charge in [-0.05, 0) is 33.6 Å². The zero-order valence-corrected chi connectivity index (χ0v) is 11.0. The SMILES string of the molecule is COC(=O)C[C@H](N)c1ccc(Br)c(F)c1.Cl. The summed E-state index contributed by atoms with van der Waals surface area (Å²) in [7, 11) is 1.29. The summed E-state index contributed by atoms with van der Waals surface area (Å²) in [6, 6.07) is 3.99. The summed E-state index contributed by atoms with van der Waals surface area (Å²) in [6.07, 6.45) is 0.0393. The van der Waals surface area contributed by atoms with E-state index in [-0.39, 0.29) is 18.8 Å². The second-order valence-corrected chi connectivity index (χ2v) is 3.91. The number of methoxy groups -OCH3 is 1. The van der Waals surface area contributed by atoms with Crippen molar-refractivity contribution in [3.8, 4) is 0 Å². The average molecular weight is 313 g/mol. The van der Waals surface area contributed by atoms with Gasteiger partial charge in [0.05, 0.1) is 18.0 Å². The molecule has 3 nitrogen and oxygen atoms in total. The molecule has 90 valence electrons. The Hall–Kier alpha value is -0.650. The van der Waals surface area contributed by atoms with E-state index in [0.29, 0.717) is 10.0 Å². The van der Waals surface area contributed by atoms with Crippen LogP contribution in [0, 0.1) is 5.82 Å². The van der Waals surface area contributed by atoms with E-state index in [9.17, 15) is 9.18 Å². The maximum Gasteiger partial charge on any atom is 0.307 e. The van der Waals surface area contributed by atoms with Crippen LogP contribution in [0.1, 0.15) is 18.0 Å². The van der Waals surface area contributed by atoms with Crippen LogP contribution < -0.4 is 5.73 Å². The van der Waals surface area contributed by atoms with Crippen molar-refractivity contribution in [1.29, 1.82) is 0 Å². The van der Waals surface area contributed by atoms with Crippen LogP contribution >= 0.6 is 28.3 Å². The second kappa shape index (κ2) is 6.83. The highest BCUT2D eigenvalue weighted by Crippen LogP contribution is 2.21. The van der Waals surface area contributed by atoms with Gasteiger partial charge in [0, 0.05) is 6.04 Å². The molecular weight excluding hydrogens is 300 g/mol. The first-order chi connectivity index (χ1) is 7.04. The number of carbonyl (C=O) groups excluding carboxylic acids is 1. The molecule has 2 N–H and O–H groups in total. The summed E-state index contributed by atoms with van der Waals surface area (Å²) in [5.41, 5.74) is 6.28. The van der Waals surface area contributed by atoms with Crippen molar-refractivity contribution in [2.24, 2.45) is 5.73 Å². The predicted molar refractivity (Wildman–Crippen MR) is 64.9 cm³/mol. The van der Waals surface area contributed by atoms with Gasteiger partial charge in [-0.2, -0.15) is 0 Å². The lowest BCUT2D eigenvalue weighted by Crippen LogP contribution is -2.16. The molecule has 1 aromatic carbocycles. The highest BCUT2D eigenvalue weighted by Gasteiger charge is 2.13. The zero-order chi connectivity index (χ0) is 11.4. The molecule has 0 aromatic heterocycles. The van der Waals surface area contributed by atoms with Crippen molar-refractivity contribution in [2.45, 2.75) is 12.5 Å². The van der Waals surface area contributed by atoms with Gasteiger partial charge in [-0.25, -0.2) is 4.39 Å². The van der Waals surface area contributed by atoms with Crippen molar-refractivity contribution in [3.63, 3.8) is 0 Å². The summed E-state index contributed by atoms with van der Waals surface area (Å²) in [4.78, 5) is 10.9. The molecule has 0 aliphatic heterocycles. The molecule has 0 unspecified atom stereocenters. The number of ether oxygens (including phenoxy) is 1. The fourth-order valence-corrected chi connectivity index (χ4v) is 1.37. The molecule has 6 heteroatoms. The molecule has 1 aromatic rings. The van der Waals surface area contributed by atoms with Crippen molar-refractivity contribution in [2.75, 3.05) is 7.11 Å². The molecule has 0 amide bonds. The maximum atomic E-state index is 13.1. The summed E-state index contributed by atoms with van der Waals surface area (Å²) >= 11 is 3.04. The van der Waals surface area contributed by atoms with Crippen LogP contribution in [0.2, 0.25) is 0 Å². The van der Waals surface area contributed by atoms with Crippen LogP contribution in [-0.4, -0.2) is 13.1 Å². The van der Waals surface area contributed by atoms with Gasteiger partial charge in [0.2, 0.25) is 0 Å². The van der Waals surface area contributed by atoms with E-state index in [1.54, 1.807) is 12.1 Å². The first kappa shape index (κ1) is 15.3. The minimum absolute atomic E-state index is 0. The molecule has 1 atom stereocenters. The third kappa shape index (κ3) is 4.08. The summed E-state index contributed by atoms with van der Waals surface area (Å²) in [5, 5.41) is 0. The third-order valence-corrected chi connectivity index (χ3v) is 2.63. The fraction of sp³-hybridized carbons (Fsp3) is 0.300. The molecule has 0 fully saturated rings. The Bertz CT molecular complexity index is 376. The number of nitrogens with two attached hydrogens (primary N) is 1. The monoisotopic (exact) mass is 311 g/mol. The van der Waals surface area contributed by atoms with Gasteiger partial charge in [0.15, 0.2) is 0 Å². The highest BCUT2D eigenvalue weighted by atomic mass is 79.9. The number of esters is 1. The number of hydrogen-bond donors (Lipinski definition) is 1. The molecule has 0 saturated carbocycles. The van der Waals surface area contributed by atoms with Gasteiger partial charge < -0.3 is 10.5 Å². The Balaban J connectivity index is 0.00000225. The van der Waals surface area contributed by atoms with Gasteiger partial charge in [-0.3, -0.25) is 4.79 Å². The minimum Gasteiger partial charge on any atom is -0.469 e. The van der Waals surface area contributed by atoms with E-state index in [1.807, 2.05) is 0 Å². The predicted octanol–water partition coefficient (Wildman–Crippen LogP) is 2.57. The number of rotatable bonds is 3. The van der Waals surface area contributed by atoms with E-state index < -0.39 is 17.8 Å². The Kier molecular flexibility index (Phi) is 6.55. The molecule has 0 heterocycles. The van der Waals surface area contributed by atoms with Crippen LogP contribution in [0.25, 0.3) is 0 Å². The van der Waals surface area contributed by atoms with E-state index in [1.165, 1.54) is 13.2 Å². The molecule has 0 spiro atoms.